The average molecular weight is 950 g/mol. The first-order valence-corrected chi connectivity index (χ1v) is 29.0. The van der Waals surface area contributed by atoms with Crippen molar-refractivity contribution in [3.8, 4) is 0 Å². The number of rotatable bonds is 52. The second kappa shape index (κ2) is 56.4. The highest BCUT2D eigenvalue weighted by molar-refractivity contribution is 5.71. The Bertz CT molecular complexity index is 1270. The van der Waals surface area contributed by atoms with Crippen molar-refractivity contribution in [2.75, 3.05) is 13.2 Å². The van der Waals surface area contributed by atoms with Gasteiger partial charge in [0.05, 0.1) is 0 Å². The molecule has 0 aromatic heterocycles. The molecule has 1 atom stereocenters. The van der Waals surface area contributed by atoms with E-state index in [0.29, 0.717) is 19.3 Å². The summed E-state index contributed by atoms with van der Waals surface area (Å²) >= 11 is 0. The lowest BCUT2D eigenvalue weighted by atomic mass is 10.0. The van der Waals surface area contributed by atoms with Crippen LogP contribution in [0.3, 0.4) is 0 Å². The van der Waals surface area contributed by atoms with E-state index < -0.39 is 6.10 Å². The molecule has 0 bridgehead atoms. The highest BCUT2D eigenvalue weighted by Gasteiger charge is 2.19. The summed E-state index contributed by atoms with van der Waals surface area (Å²) in [6.07, 6.45) is 71.7. The van der Waals surface area contributed by atoms with Crippen LogP contribution in [-0.2, 0) is 28.6 Å². The number of carbonyl (C=O) groups is 3. The summed E-state index contributed by atoms with van der Waals surface area (Å²) in [5, 5.41) is 0. The van der Waals surface area contributed by atoms with Crippen molar-refractivity contribution in [1.82, 2.24) is 0 Å². The van der Waals surface area contributed by atoms with Crippen molar-refractivity contribution in [2.24, 2.45) is 0 Å². The van der Waals surface area contributed by atoms with Gasteiger partial charge in [-0.15, -0.1) is 0 Å². The van der Waals surface area contributed by atoms with Crippen molar-refractivity contribution in [1.29, 1.82) is 0 Å². The molecule has 68 heavy (non-hydrogen) atoms. The van der Waals surface area contributed by atoms with E-state index in [1.54, 1.807) is 0 Å². The lowest BCUT2D eigenvalue weighted by molar-refractivity contribution is -0.167. The van der Waals surface area contributed by atoms with Gasteiger partial charge in [0.15, 0.2) is 6.10 Å². The first-order chi connectivity index (χ1) is 33.5. The molecule has 0 aliphatic heterocycles. The molecule has 0 aromatic rings. The maximum absolute atomic E-state index is 12.9. The van der Waals surface area contributed by atoms with Gasteiger partial charge in [-0.3, -0.25) is 14.4 Å². The van der Waals surface area contributed by atoms with Crippen LogP contribution in [-0.4, -0.2) is 37.2 Å². The second-order valence-electron chi connectivity index (χ2n) is 19.3. The zero-order valence-electron chi connectivity index (χ0n) is 44.9. The number of esters is 3. The Labute approximate surface area is 421 Å². The summed E-state index contributed by atoms with van der Waals surface area (Å²) < 4.78 is 16.8. The van der Waals surface area contributed by atoms with Crippen LogP contribution < -0.4 is 0 Å². The summed E-state index contributed by atoms with van der Waals surface area (Å²) in [6.45, 7) is 6.59. The van der Waals surface area contributed by atoms with Crippen LogP contribution in [0.5, 0.6) is 0 Å². The number of ether oxygens (including phenoxy) is 3. The molecule has 6 heteroatoms. The molecule has 0 saturated carbocycles. The molecule has 0 spiro atoms. The van der Waals surface area contributed by atoms with Gasteiger partial charge in [0, 0.05) is 19.3 Å². The van der Waals surface area contributed by atoms with Gasteiger partial charge in [0.2, 0.25) is 0 Å². The fraction of sp³-hybridized carbons (Fsp3) is 0.758. The van der Waals surface area contributed by atoms with Crippen molar-refractivity contribution in [3.63, 3.8) is 0 Å². The SMILES string of the molecule is CCCCC\C=C/C=C\C=C/C=C\CCCCCCCC(=O)OCC(COC(=O)CCCCCCCCCCCCCCCC)OC(=O)CCCCCCC/C=C\C=C/CCCCCCCCC. The number of unbranched alkanes of at least 4 members (excludes halogenated alkanes) is 33. The van der Waals surface area contributed by atoms with E-state index in [2.05, 4.69) is 93.7 Å². The molecule has 0 N–H and O–H groups in total. The van der Waals surface area contributed by atoms with E-state index in [1.807, 2.05) is 0 Å². The molecule has 6 nitrogen and oxygen atoms in total. The maximum atomic E-state index is 12.9. The Morgan fingerprint density at radius 3 is 0.868 bits per heavy atom. The van der Waals surface area contributed by atoms with E-state index in [0.717, 1.165) is 103 Å². The molecular weight excluding hydrogens is 841 g/mol. The predicted octanol–water partition coefficient (Wildman–Crippen LogP) is 19.4. The molecule has 0 saturated heterocycles. The molecule has 1 unspecified atom stereocenters. The van der Waals surface area contributed by atoms with Crippen LogP contribution in [0.15, 0.2) is 72.9 Å². The van der Waals surface area contributed by atoms with Crippen LogP contribution in [0.25, 0.3) is 0 Å². The molecule has 0 amide bonds. The number of allylic oxidation sites excluding steroid dienone is 12. The molecular formula is C62H108O6. The van der Waals surface area contributed by atoms with Crippen molar-refractivity contribution in [3.05, 3.63) is 72.9 Å². The standard InChI is InChI=1S/C62H108O6/c1-4-7-10-13-16-19-22-25-28-30-32-34-37-40-43-46-49-52-55-61(64)67-58-59(57-66-60(63)54-51-48-45-42-39-36-27-24-21-18-15-12-9-6-3)68-62(65)56-53-50-47-44-41-38-35-33-31-29-26-23-20-17-14-11-8-5-2/h16,19,22,25,28-35,59H,4-15,17-18,20-21,23-24,26-27,36-58H2,1-3H3/b19-16-,25-22-,30-28-,31-29-,34-32-,35-33-. The highest BCUT2D eigenvalue weighted by atomic mass is 16.6. The van der Waals surface area contributed by atoms with Crippen LogP contribution >= 0.6 is 0 Å². The van der Waals surface area contributed by atoms with E-state index in [1.165, 1.54) is 141 Å². The minimum Gasteiger partial charge on any atom is -0.462 e. The average Bonchev–Trinajstić information content (AvgIpc) is 3.34. The zero-order chi connectivity index (χ0) is 49.3. The zero-order valence-corrected chi connectivity index (χ0v) is 44.9. The molecule has 0 radical (unpaired) electrons. The third-order valence-corrected chi connectivity index (χ3v) is 12.6. The van der Waals surface area contributed by atoms with Crippen molar-refractivity contribution >= 4 is 17.9 Å². The summed E-state index contributed by atoms with van der Waals surface area (Å²) in [7, 11) is 0. The fourth-order valence-electron chi connectivity index (χ4n) is 8.15. The lowest BCUT2D eigenvalue weighted by Gasteiger charge is -2.18. The van der Waals surface area contributed by atoms with E-state index >= 15 is 0 Å². The molecule has 0 fully saturated rings. The topological polar surface area (TPSA) is 78.9 Å². The molecule has 0 aliphatic rings. The Kier molecular flexibility index (Phi) is 53.8. The van der Waals surface area contributed by atoms with Crippen molar-refractivity contribution in [2.45, 2.75) is 290 Å². The Balaban J connectivity index is 4.45. The van der Waals surface area contributed by atoms with Gasteiger partial charge < -0.3 is 14.2 Å². The quantitative estimate of drug-likeness (QED) is 0.0262. The molecule has 0 heterocycles. The van der Waals surface area contributed by atoms with Crippen LogP contribution in [0, 0.1) is 0 Å². The maximum Gasteiger partial charge on any atom is 0.306 e. The normalized spacial score (nSPS) is 12.6. The van der Waals surface area contributed by atoms with Gasteiger partial charge in [-0.05, 0) is 70.6 Å². The minimum atomic E-state index is -0.792. The first kappa shape index (κ1) is 64.8. The summed E-state index contributed by atoms with van der Waals surface area (Å²) in [5.74, 6) is -0.917. The molecule has 392 valence electrons. The highest BCUT2D eigenvalue weighted by Crippen LogP contribution is 2.15. The van der Waals surface area contributed by atoms with Crippen molar-refractivity contribution < 1.29 is 28.6 Å². The third-order valence-electron chi connectivity index (χ3n) is 12.6. The van der Waals surface area contributed by atoms with Crippen LogP contribution in [0.1, 0.15) is 284 Å². The number of carbonyl (C=O) groups excluding carboxylic acids is 3. The largest absolute Gasteiger partial charge is 0.462 e. The molecule has 0 aromatic carbocycles. The Morgan fingerprint density at radius 2 is 0.529 bits per heavy atom. The fourth-order valence-corrected chi connectivity index (χ4v) is 8.15. The van der Waals surface area contributed by atoms with E-state index in [9.17, 15) is 14.4 Å². The Morgan fingerprint density at radius 1 is 0.294 bits per heavy atom. The molecule has 0 rings (SSSR count). The van der Waals surface area contributed by atoms with E-state index in [-0.39, 0.29) is 31.1 Å². The lowest BCUT2D eigenvalue weighted by Crippen LogP contribution is -2.30. The van der Waals surface area contributed by atoms with Crippen LogP contribution in [0.2, 0.25) is 0 Å². The minimum absolute atomic E-state index is 0.0875. The van der Waals surface area contributed by atoms with Crippen LogP contribution in [0.4, 0.5) is 0 Å². The number of hydrogen-bond donors (Lipinski definition) is 0. The summed E-state index contributed by atoms with van der Waals surface area (Å²) in [6, 6.07) is 0. The van der Waals surface area contributed by atoms with Gasteiger partial charge in [-0.25, -0.2) is 0 Å². The second-order valence-corrected chi connectivity index (χ2v) is 19.3. The first-order valence-electron chi connectivity index (χ1n) is 29.0. The van der Waals surface area contributed by atoms with Gasteiger partial charge in [0.1, 0.15) is 13.2 Å². The monoisotopic (exact) mass is 949 g/mol. The Hall–Kier alpha value is -3.15. The van der Waals surface area contributed by atoms with Gasteiger partial charge >= 0.3 is 17.9 Å². The number of hydrogen-bond acceptors (Lipinski definition) is 6. The third kappa shape index (κ3) is 53.8. The summed E-state index contributed by atoms with van der Waals surface area (Å²) in [5.41, 5.74) is 0. The van der Waals surface area contributed by atoms with E-state index in [4.69, 9.17) is 14.2 Å². The molecule has 0 aliphatic carbocycles. The van der Waals surface area contributed by atoms with Gasteiger partial charge in [-0.1, -0.05) is 267 Å². The summed E-state index contributed by atoms with van der Waals surface area (Å²) in [4.78, 5) is 38.2. The van der Waals surface area contributed by atoms with Gasteiger partial charge in [-0.2, -0.15) is 0 Å². The smallest absolute Gasteiger partial charge is 0.306 e. The predicted molar refractivity (Wildman–Crippen MR) is 293 cm³/mol. The van der Waals surface area contributed by atoms with Gasteiger partial charge in [0.25, 0.3) is 0 Å².